The summed E-state index contributed by atoms with van der Waals surface area (Å²) >= 11 is 3.21. The minimum atomic E-state index is -0.415. The molecule has 0 unspecified atom stereocenters. The molecule has 0 bridgehead atoms. The molecule has 1 aromatic rings. The molecule has 0 saturated heterocycles. The summed E-state index contributed by atoms with van der Waals surface area (Å²) in [6.45, 7) is 1.84. The highest BCUT2D eigenvalue weighted by Crippen LogP contribution is 2.22. The summed E-state index contributed by atoms with van der Waals surface area (Å²) < 4.78 is 14.0. The average molecular weight is 231 g/mol. The molecule has 0 atom stereocenters. The quantitative estimate of drug-likeness (QED) is 0.715. The number of hydrogen-bond donors (Lipinski definition) is 0. The second-order valence-corrected chi connectivity index (χ2v) is 3.25. The molecule has 0 aromatic heterocycles. The first-order valence-electron chi connectivity index (χ1n) is 3.62. The molecular formula is C9H8BrFO. The zero-order valence-corrected chi connectivity index (χ0v) is 8.19. The smallest absolute Gasteiger partial charge is 0.153 e. The van der Waals surface area contributed by atoms with Crippen molar-refractivity contribution in [2.75, 3.05) is 0 Å². The Hall–Kier alpha value is -0.700. The maximum absolute atomic E-state index is 13.3. The van der Waals surface area contributed by atoms with Crippen LogP contribution in [0.3, 0.4) is 0 Å². The Kier molecular flexibility index (Phi) is 2.98. The minimum absolute atomic E-state index is 0.120. The van der Waals surface area contributed by atoms with Gasteiger partial charge >= 0.3 is 0 Å². The van der Waals surface area contributed by atoms with E-state index in [4.69, 9.17) is 0 Å². The second-order valence-electron chi connectivity index (χ2n) is 2.40. The highest BCUT2D eigenvalue weighted by molar-refractivity contribution is 9.10. The molecule has 0 saturated carbocycles. The molecular weight excluding hydrogens is 223 g/mol. The van der Waals surface area contributed by atoms with E-state index in [2.05, 4.69) is 15.9 Å². The van der Waals surface area contributed by atoms with Crippen LogP contribution in [0.4, 0.5) is 4.39 Å². The van der Waals surface area contributed by atoms with Gasteiger partial charge in [0.2, 0.25) is 0 Å². The maximum atomic E-state index is 13.3. The monoisotopic (exact) mass is 230 g/mol. The fourth-order valence-corrected chi connectivity index (χ4v) is 1.62. The highest BCUT2D eigenvalue weighted by atomic mass is 79.9. The van der Waals surface area contributed by atoms with Crippen LogP contribution in [0.2, 0.25) is 0 Å². The number of carbonyl (C=O) groups is 1. The van der Waals surface area contributed by atoms with Crippen LogP contribution in [0.15, 0.2) is 16.6 Å². The van der Waals surface area contributed by atoms with E-state index in [1.807, 2.05) is 6.92 Å². The van der Waals surface area contributed by atoms with Crippen molar-refractivity contribution in [1.82, 2.24) is 0 Å². The molecule has 0 aliphatic carbocycles. The van der Waals surface area contributed by atoms with Crippen LogP contribution in [0.5, 0.6) is 0 Å². The van der Waals surface area contributed by atoms with Crippen LogP contribution in [-0.2, 0) is 6.42 Å². The number of rotatable bonds is 2. The molecule has 1 rings (SSSR count). The number of hydrogen-bond acceptors (Lipinski definition) is 1. The summed E-state index contributed by atoms with van der Waals surface area (Å²) in [6.07, 6.45) is 1.11. The molecule has 0 radical (unpaired) electrons. The van der Waals surface area contributed by atoms with E-state index < -0.39 is 5.82 Å². The van der Waals surface area contributed by atoms with Crippen molar-refractivity contribution in [1.29, 1.82) is 0 Å². The molecule has 0 N–H and O–H groups in total. The predicted octanol–water partition coefficient (Wildman–Crippen LogP) is 2.96. The Bertz CT molecular complexity index is 310. The van der Waals surface area contributed by atoms with Gasteiger partial charge in [-0.15, -0.1) is 0 Å². The predicted molar refractivity (Wildman–Crippen MR) is 48.9 cm³/mol. The highest BCUT2D eigenvalue weighted by Gasteiger charge is 2.08. The first-order valence-corrected chi connectivity index (χ1v) is 4.42. The number of halogens is 2. The van der Waals surface area contributed by atoms with E-state index in [9.17, 15) is 9.18 Å². The topological polar surface area (TPSA) is 17.1 Å². The Morgan fingerprint density at radius 1 is 1.58 bits per heavy atom. The molecule has 0 amide bonds. The van der Waals surface area contributed by atoms with E-state index in [-0.39, 0.29) is 5.56 Å². The lowest BCUT2D eigenvalue weighted by Gasteiger charge is -2.03. The fourth-order valence-electron chi connectivity index (χ4n) is 1.03. The van der Waals surface area contributed by atoms with Crippen LogP contribution in [0, 0.1) is 5.82 Å². The van der Waals surface area contributed by atoms with Crippen molar-refractivity contribution in [3.8, 4) is 0 Å². The molecule has 0 aliphatic rings. The van der Waals surface area contributed by atoms with Gasteiger partial charge in [-0.05, 0) is 18.6 Å². The van der Waals surface area contributed by atoms with Crippen molar-refractivity contribution < 1.29 is 9.18 Å². The van der Waals surface area contributed by atoms with E-state index in [0.29, 0.717) is 22.7 Å². The van der Waals surface area contributed by atoms with Crippen LogP contribution >= 0.6 is 15.9 Å². The van der Waals surface area contributed by atoms with Gasteiger partial charge in [0.15, 0.2) is 6.29 Å². The van der Waals surface area contributed by atoms with Crippen molar-refractivity contribution in [3.05, 3.63) is 33.5 Å². The lowest BCUT2D eigenvalue weighted by atomic mass is 10.1. The zero-order valence-electron chi connectivity index (χ0n) is 6.60. The maximum Gasteiger partial charge on any atom is 0.153 e. The summed E-state index contributed by atoms with van der Waals surface area (Å²) in [7, 11) is 0. The number of aldehydes is 1. The van der Waals surface area contributed by atoms with Gasteiger partial charge in [-0.1, -0.05) is 22.9 Å². The minimum Gasteiger partial charge on any atom is -0.298 e. The molecule has 12 heavy (non-hydrogen) atoms. The van der Waals surface area contributed by atoms with Gasteiger partial charge in [0, 0.05) is 10.0 Å². The van der Waals surface area contributed by atoms with E-state index in [1.54, 1.807) is 6.07 Å². The summed E-state index contributed by atoms with van der Waals surface area (Å²) in [5.74, 6) is -0.415. The van der Waals surface area contributed by atoms with E-state index >= 15 is 0 Å². The van der Waals surface area contributed by atoms with Crippen molar-refractivity contribution >= 4 is 22.2 Å². The van der Waals surface area contributed by atoms with Gasteiger partial charge in [0.25, 0.3) is 0 Å². The largest absolute Gasteiger partial charge is 0.298 e. The van der Waals surface area contributed by atoms with Gasteiger partial charge in [-0.2, -0.15) is 0 Å². The van der Waals surface area contributed by atoms with E-state index in [0.717, 1.165) is 0 Å². The Labute approximate surface area is 78.7 Å². The number of benzene rings is 1. The van der Waals surface area contributed by atoms with Crippen molar-refractivity contribution in [2.45, 2.75) is 13.3 Å². The fraction of sp³-hybridized carbons (Fsp3) is 0.222. The van der Waals surface area contributed by atoms with Gasteiger partial charge in [-0.3, -0.25) is 4.79 Å². The SMILES string of the molecule is CCc1c(Br)ccc(C=O)c1F. The molecule has 0 aliphatic heterocycles. The normalized spacial score (nSPS) is 9.92. The van der Waals surface area contributed by atoms with Crippen molar-refractivity contribution in [3.63, 3.8) is 0 Å². The van der Waals surface area contributed by atoms with E-state index in [1.165, 1.54) is 6.07 Å². The second kappa shape index (κ2) is 3.81. The Morgan fingerprint density at radius 3 is 2.75 bits per heavy atom. The van der Waals surface area contributed by atoms with Gasteiger partial charge in [0.05, 0.1) is 5.56 Å². The van der Waals surface area contributed by atoms with Crippen LogP contribution < -0.4 is 0 Å². The molecule has 0 heterocycles. The van der Waals surface area contributed by atoms with Crippen LogP contribution in [-0.4, -0.2) is 6.29 Å². The van der Waals surface area contributed by atoms with Gasteiger partial charge < -0.3 is 0 Å². The summed E-state index contributed by atoms with van der Waals surface area (Å²) in [5.41, 5.74) is 0.676. The summed E-state index contributed by atoms with van der Waals surface area (Å²) in [6, 6.07) is 3.15. The summed E-state index contributed by atoms with van der Waals surface area (Å²) in [4.78, 5) is 10.4. The molecule has 1 nitrogen and oxygen atoms in total. The molecule has 1 aromatic carbocycles. The van der Waals surface area contributed by atoms with Gasteiger partial charge in [-0.25, -0.2) is 4.39 Å². The average Bonchev–Trinajstić information content (AvgIpc) is 2.06. The zero-order chi connectivity index (χ0) is 9.14. The van der Waals surface area contributed by atoms with Gasteiger partial charge in [0.1, 0.15) is 5.82 Å². The summed E-state index contributed by atoms with van der Waals surface area (Å²) in [5, 5.41) is 0. The first-order chi connectivity index (χ1) is 5.70. The van der Waals surface area contributed by atoms with Crippen LogP contribution in [0.1, 0.15) is 22.8 Å². The van der Waals surface area contributed by atoms with Crippen LogP contribution in [0.25, 0.3) is 0 Å². The number of carbonyl (C=O) groups excluding carboxylic acids is 1. The molecule has 3 heteroatoms. The Balaban J connectivity index is 3.33. The molecule has 64 valence electrons. The molecule has 0 fully saturated rings. The Morgan fingerprint density at radius 2 is 2.25 bits per heavy atom. The third-order valence-electron chi connectivity index (χ3n) is 1.70. The molecule has 0 spiro atoms. The third-order valence-corrected chi connectivity index (χ3v) is 2.44. The first kappa shape index (κ1) is 9.39. The standard InChI is InChI=1S/C9H8BrFO/c1-2-7-8(10)4-3-6(5-12)9(7)11/h3-5H,2H2,1H3. The van der Waals surface area contributed by atoms with Crippen molar-refractivity contribution in [2.24, 2.45) is 0 Å². The third kappa shape index (κ3) is 1.55. The lowest BCUT2D eigenvalue weighted by molar-refractivity contribution is 0.111. The lowest BCUT2D eigenvalue weighted by Crippen LogP contribution is -1.95.